The molecule has 0 aliphatic carbocycles. The van der Waals surface area contributed by atoms with E-state index in [0.29, 0.717) is 72.9 Å². The second-order valence-electron chi connectivity index (χ2n) is 13.1. The molecule has 1 saturated heterocycles. The van der Waals surface area contributed by atoms with Gasteiger partial charge in [-0.1, -0.05) is 30.3 Å². The van der Waals surface area contributed by atoms with Crippen LogP contribution in [0.5, 0.6) is 5.75 Å². The van der Waals surface area contributed by atoms with E-state index in [9.17, 15) is 39.6 Å². The smallest absolute Gasteiger partial charge is 0.418 e. The Bertz CT molecular complexity index is 2310. The van der Waals surface area contributed by atoms with Crippen molar-refractivity contribution in [1.82, 2.24) is 19.8 Å². The Kier molecular flexibility index (Phi) is 13.2. The van der Waals surface area contributed by atoms with Gasteiger partial charge in [-0.05, 0) is 96.4 Å². The Hall–Kier alpha value is -5.33. The number of hydrogen-bond donors (Lipinski definition) is 2. The molecule has 10 nitrogen and oxygen atoms in total. The van der Waals surface area contributed by atoms with Crippen LogP contribution in [0.2, 0.25) is 0 Å². The number of anilines is 2. The first-order valence-corrected chi connectivity index (χ1v) is 20.5. The summed E-state index contributed by atoms with van der Waals surface area (Å²) in [4.78, 5) is 16.9. The summed E-state index contributed by atoms with van der Waals surface area (Å²) in [5.74, 6) is 0.181. The quantitative estimate of drug-likeness (QED) is 0.0644. The van der Waals surface area contributed by atoms with E-state index in [4.69, 9.17) is 4.74 Å². The summed E-state index contributed by atoms with van der Waals surface area (Å²) in [7, 11) is -4.75. The van der Waals surface area contributed by atoms with Gasteiger partial charge in [0.15, 0.2) is 11.5 Å². The van der Waals surface area contributed by atoms with Crippen LogP contribution < -0.4 is 19.7 Å². The van der Waals surface area contributed by atoms with Crippen molar-refractivity contribution in [1.29, 1.82) is 0 Å². The molecule has 0 unspecified atom stereocenters. The number of alkyl halides is 6. The maximum absolute atomic E-state index is 14.0. The third kappa shape index (κ3) is 11.0. The lowest BCUT2D eigenvalue weighted by Gasteiger charge is -2.35. The van der Waals surface area contributed by atoms with Gasteiger partial charge in [0.2, 0.25) is 0 Å². The molecule has 0 radical (unpaired) electrons. The number of carbonyl (C=O) groups is 1. The van der Waals surface area contributed by atoms with Crippen LogP contribution in [0.4, 0.5) is 37.8 Å². The molecule has 2 N–H and O–H groups in total. The second kappa shape index (κ2) is 18.1. The van der Waals surface area contributed by atoms with Crippen LogP contribution in [0.25, 0.3) is 11.1 Å². The number of amides is 1. The topological polar surface area (TPSA) is 117 Å². The summed E-state index contributed by atoms with van der Waals surface area (Å²) >= 11 is 1.44. The van der Waals surface area contributed by atoms with E-state index in [2.05, 4.69) is 15.5 Å². The lowest BCUT2D eigenvalue weighted by atomic mass is 9.99. The number of hydrogen-bond acceptors (Lipinski definition) is 10. The Labute approximate surface area is 335 Å². The summed E-state index contributed by atoms with van der Waals surface area (Å²) in [6.07, 6.45) is -9.44. The number of sulfonamides is 1. The number of aromatic nitrogens is 2. The highest BCUT2D eigenvalue weighted by molar-refractivity contribution is 7.99. The Morgan fingerprint density at radius 1 is 0.810 bits per heavy atom. The van der Waals surface area contributed by atoms with Crippen LogP contribution in [0.15, 0.2) is 113 Å². The number of nitrogens with zero attached hydrogens (tertiary/aromatic N) is 4. The predicted octanol–water partition coefficient (Wildman–Crippen LogP) is 8.23. The molecule has 2 heterocycles. The molecule has 0 bridgehead atoms. The SMILES string of the molecule is CCOc1cccc(-c2cc(CN3CCN(c4ccc(C(=O)NS(=O)(=O)c5ccc(NCCSc6ccccc6)c(C(F)(F)F)c5)nn4)CC3)cc(C(F)(F)F)c2)c1. The average Bonchev–Trinajstić information content (AvgIpc) is 3.19. The summed E-state index contributed by atoms with van der Waals surface area (Å²) in [6.45, 7) is 4.45. The largest absolute Gasteiger partial charge is 0.494 e. The van der Waals surface area contributed by atoms with Crippen LogP contribution in [0.1, 0.15) is 34.1 Å². The van der Waals surface area contributed by atoms with Crippen LogP contribution in [-0.4, -0.2) is 74.5 Å². The molecule has 1 fully saturated rings. The van der Waals surface area contributed by atoms with E-state index in [-0.39, 0.29) is 24.5 Å². The van der Waals surface area contributed by atoms with Gasteiger partial charge in [0.05, 0.1) is 22.6 Å². The number of piperazine rings is 1. The van der Waals surface area contributed by atoms with Gasteiger partial charge in [-0.3, -0.25) is 9.69 Å². The molecule has 1 aliphatic heterocycles. The van der Waals surface area contributed by atoms with Crippen LogP contribution in [0.3, 0.4) is 0 Å². The van der Waals surface area contributed by atoms with Crippen molar-refractivity contribution in [3.05, 3.63) is 126 Å². The van der Waals surface area contributed by atoms with Crippen LogP contribution in [-0.2, 0) is 28.9 Å². The van der Waals surface area contributed by atoms with E-state index in [1.807, 2.05) is 47.1 Å². The van der Waals surface area contributed by atoms with Gasteiger partial charge in [0.25, 0.3) is 15.9 Å². The van der Waals surface area contributed by atoms with Crippen LogP contribution >= 0.6 is 11.8 Å². The molecule has 6 rings (SSSR count). The molecule has 0 atom stereocenters. The minimum Gasteiger partial charge on any atom is -0.494 e. The molecular weight excluding hydrogens is 807 g/mol. The zero-order valence-electron chi connectivity index (χ0n) is 31.0. The molecule has 1 aliphatic rings. The number of ether oxygens (including phenoxy) is 1. The Balaban J connectivity index is 1.05. The van der Waals surface area contributed by atoms with Gasteiger partial charge in [-0.15, -0.1) is 22.0 Å². The minimum atomic E-state index is -4.89. The van der Waals surface area contributed by atoms with E-state index in [1.165, 1.54) is 23.9 Å². The zero-order valence-corrected chi connectivity index (χ0v) is 32.6. The monoisotopic (exact) mass is 844 g/mol. The average molecular weight is 845 g/mol. The van der Waals surface area contributed by atoms with Gasteiger partial charge < -0.3 is 15.0 Å². The molecular formula is C40H38F6N6O4S2. The number of halogens is 6. The first-order valence-electron chi connectivity index (χ1n) is 18.0. The fraction of sp³-hybridized carbons (Fsp3) is 0.275. The van der Waals surface area contributed by atoms with E-state index in [0.717, 1.165) is 29.2 Å². The van der Waals surface area contributed by atoms with E-state index in [1.54, 1.807) is 35.1 Å². The van der Waals surface area contributed by atoms with Crippen molar-refractivity contribution >= 4 is 39.2 Å². The highest BCUT2D eigenvalue weighted by Gasteiger charge is 2.36. The predicted molar refractivity (Wildman–Crippen MR) is 209 cm³/mol. The van der Waals surface area contributed by atoms with Crippen molar-refractivity contribution in [3.8, 4) is 16.9 Å². The van der Waals surface area contributed by atoms with Crippen molar-refractivity contribution in [2.75, 3.05) is 55.3 Å². The standard InChI is InChI=1S/C40H38F6N6O4S2/c1-2-56-31-8-6-7-28(24-31)29-21-27(22-30(23-29)39(41,42)43)26-51-16-18-52(19-17-51)37-14-13-36(48-49-37)38(53)50-58(54,55)33-11-12-35(34(25-33)40(44,45)46)47-15-20-57-32-9-4-3-5-10-32/h3-14,21-25,47H,2,15-20,26H2,1H3,(H,50,53). The molecule has 306 valence electrons. The Morgan fingerprint density at radius 2 is 1.57 bits per heavy atom. The third-order valence-corrected chi connectivity index (χ3v) is 11.4. The highest BCUT2D eigenvalue weighted by atomic mass is 32.2. The Morgan fingerprint density at radius 3 is 2.24 bits per heavy atom. The lowest BCUT2D eigenvalue weighted by molar-refractivity contribution is -0.138. The molecule has 1 amide bonds. The van der Waals surface area contributed by atoms with Crippen molar-refractivity contribution in [2.45, 2.75) is 35.6 Å². The van der Waals surface area contributed by atoms with Crippen molar-refractivity contribution < 1.29 is 44.3 Å². The van der Waals surface area contributed by atoms with Gasteiger partial charge in [-0.2, -0.15) is 26.3 Å². The highest BCUT2D eigenvalue weighted by Crippen LogP contribution is 2.37. The summed E-state index contributed by atoms with van der Waals surface area (Å²) < 4.78 is 117. The van der Waals surface area contributed by atoms with E-state index < -0.39 is 44.3 Å². The van der Waals surface area contributed by atoms with Gasteiger partial charge >= 0.3 is 12.4 Å². The second-order valence-corrected chi connectivity index (χ2v) is 16.0. The summed E-state index contributed by atoms with van der Waals surface area (Å²) in [5.41, 5.74) is -1.16. The van der Waals surface area contributed by atoms with Crippen molar-refractivity contribution in [3.63, 3.8) is 0 Å². The first kappa shape index (κ1) is 42.3. The van der Waals surface area contributed by atoms with Gasteiger partial charge in [0.1, 0.15) is 5.75 Å². The summed E-state index contributed by atoms with van der Waals surface area (Å²) in [6, 6.07) is 25.3. The number of nitrogens with one attached hydrogen (secondary N) is 2. The molecule has 18 heteroatoms. The number of benzene rings is 4. The van der Waals surface area contributed by atoms with Gasteiger partial charge in [0, 0.05) is 55.6 Å². The summed E-state index contributed by atoms with van der Waals surface area (Å²) in [5, 5.41) is 10.6. The molecule has 58 heavy (non-hydrogen) atoms. The normalized spacial score (nSPS) is 13.9. The maximum atomic E-state index is 14.0. The molecule has 0 saturated carbocycles. The van der Waals surface area contributed by atoms with Gasteiger partial charge in [-0.25, -0.2) is 13.1 Å². The molecule has 1 aromatic heterocycles. The van der Waals surface area contributed by atoms with Crippen LogP contribution in [0, 0.1) is 0 Å². The lowest BCUT2D eigenvalue weighted by Crippen LogP contribution is -2.46. The number of thioether (sulfide) groups is 1. The van der Waals surface area contributed by atoms with E-state index >= 15 is 0 Å². The fourth-order valence-electron chi connectivity index (χ4n) is 6.24. The fourth-order valence-corrected chi connectivity index (χ4v) is 8.01. The first-order chi connectivity index (χ1) is 27.6. The zero-order chi connectivity index (χ0) is 41.5. The number of rotatable bonds is 14. The molecule has 5 aromatic rings. The third-order valence-electron chi connectivity index (χ3n) is 9.05. The maximum Gasteiger partial charge on any atom is 0.418 e. The molecule has 0 spiro atoms. The van der Waals surface area contributed by atoms with Crippen molar-refractivity contribution in [2.24, 2.45) is 0 Å². The minimum absolute atomic E-state index is 0.169. The number of carbonyl (C=O) groups excluding carboxylic acids is 1. The molecule has 4 aromatic carbocycles.